The number of hydrogen-bond acceptors (Lipinski definition) is 1. The van der Waals surface area contributed by atoms with E-state index < -0.39 is 0 Å². The maximum Gasteiger partial charge on any atom is 0.124 e. The second kappa shape index (κ2) is 3.39. The quantitative estimate of drug-likeness (QED) is 0.680. The van der Waals surface area contributed by atoms with Crippen molar-refractivity contribution in [1.82, 2.24) is 0 Å². The van der Waals surface area contributed by atoms with E-state index in [1.165, 1.54) is 18.2 Å². The van der Waals surface area contributed by atoms with Crippen LogP contribution in [0.1, 0.15) is 19.4 Å². The summed E-state index contributed by atoms with van der Waals surface area (Å²) in [5, 5.41) is 9.33. The lowest BCUT2D eigenvalue weighted by atomic mass is 10.1. The number of rotatable bonds is 1. The zero-order valence-electron chi connectivity index (χ0n) is 7.13. The number of halogens is 1. The average Bonchev–Trinajstić information content (AvgIpc) is 2.08. The number of phenols is 1. The summed E-state index contributed by atoms with van der Waals surface area (Å²) in [7, 11) is 0. The van der Waals surface area contributed by atoms with E-state index in [9.17, 15) is 9.50 Å². The minimum atomic E-state index is -0.330. The van der Waals surface area contributed by atoms with Crippen molar-refractivity contribution >= 4 is 5.57 Å². The predicted molar refractivity (Wildman–Crippen MR) is 47.4 cm³/mol. The summed E-state index contributed by atoms with van der Waals surface area (Å²) in [5.74, 6) is -0.212. The van der Waals surface area contributed by atoms with E-state index in [-0.39, 0.29) is 11.6 Å². The van der Waals surface area contributed by atoms with E-state index in [0.29, 0.717) is 5.56 Å². The van der Waals surface area contributed by atoms with Gasteiger partial charge in [-0.1, -0.05) is 6.08 Å². The van der Waals surface area contributed by atoms with E-state index in [1.54, 1.807) is 0 Å². The lowest BCUT2D eigenvalue weighted by molar-refractivity contribution is 0.471. The third-order valence-electron chi connectivity index (χ3n) is 1.82. The first kappa shape index (κ1) is 8.78. The van der Waals surface area contributed by atoms with Gasteiger partial charge in [0, 0.05) is 5.56 Å². The Labute approximate surface area is 71.2 Å². The summed E-state index contributed by atoms with van der Waals surface area (Å²) in [5.41, 5.74) is 1.42. The van der Waals surface area contributed by atoms with E-state index >= 15 is 0 Å². The van der Waals surface area contributed by atoms with Gasteiger partial charge in [-0.15, -0.1) is 0 Å². The van der Waals surface area contributed by atoms with Crippen molar-refractivity contribution in [2.24, 2.45) is 0 Å². The highest BCUT2D eigenvalue weighted by Gasteiger charge is 2.02. The summed E-state index contributed by atoms with van der Waals surface area (Å²) in [6, 6.07) is 3.92. The maximum absolute atomic E-state index is 12.7. The maximum atomic E-state index is 12.7. The molecule has 0 fully saturated rings. The van der Waals surface area contributed by atoms with Gasteiger partial charge < -0.3 is 5.11 Å². The van der Waals surface area contributed by atoms with Gasteiger partial charge in [-0.2, -0.15) is 0 Å². The Bertz CT molecular complexity index is 316. The van der Waals surface area contributed by atoms with Crippen molar-refractivity contribution in [3.05, 3.63) is 35.7 Å². The van der Waals surface area contributed by atoms with E-state index in [4.69, 9.17) is 0 Å². The molecule has 0 atom stereocenters. The van der Waals surface area contributed by atoms with Gasteiger partial charge in [0.15, 0.2) is 0 Å². The fraction of sp³-hybridized carbons (Fsp3) is 0.200. The molecule has 0 unspecified atom stereocenters. The van der Waals surface area contributed by atoms with Crippen LogP contribution in [0.2, 0.25) is 0 Å². The van der Waals surface area contributed by atoms with Crippen LogP contribution in [0.4, 0.5) is 4.39 Å². The van der Waals surface area contributed by atoms with Gasteiger partial charge in [0.05, 0.1) is 0 Å². The van der Waals surface area contributed by atoms with Crippen LogP contribution >= 0.6 is 0 Å². The van der Waals surface area contributed by atoms with Crippen LogP contribution in [0.15, 0.2) is 24.3 Å². The van der Waals surface area contributed by atoms with Crippen LogP contribution in [-0.4, -0.2) is 5.11 Å². The first-order valence-corrected chi connectivity index (χ1v) is 3.77. The van der Waals surface area contributed by atoms with Crippen LogP contribution in [0.3, 0.4) is 0 Å². The standard InChI is InChI=1S/C10H11FO/c1-3-7(2)9-6-8(11)4-5-10(9)12/h3-6,12H,1-2H3. The zero-order chi connectivity index (χ0) is 9.14. The fourth-order valence-corrected chi connectivity index (χ4v) is 0.980. The number of hydrogen-bond donors (Lipinski definition) is 1. The molecule has 1 nitrogen and oxygen atoms in total. The molecule has 0 saturated heterocycles. The summed E-state index contributed by atoms with van der Waals surface area (Å²) in [6.07, 6.45) is 1.83. The summed E-state index contributed by atoms with van der Waals surface area (Å²) in [4.78, 5) is 0. The Balaban J connectivity index is 3.23. The van der Waals surface area contributed by atoms with Crippen molar-refractivity contribution in [3.8, 4) is 5.75 Å². The predicted octanol–water partition coefficient (Wildman–Crippen LogP) is 2.95. The Morgan fingerprint density at radius 1 is 1.50 bits per heavy atom. The number of aromatic hydroxyl groups is 1. The lowest BCUT2D eigenvalue weighted by Gasteiger charge is -2.03. The number of allylic oxidation sites excluding steroid dienone is 2. The molecule has 0 amide bonds. The molecule has 1 aromatic carbocycles. The molecular weight excluding hydrogens is 155 g/mol. The van der Waals surface area contributed by atoms with Crippen molar-refractivity contribution in [2.75, 3.05) is 0 Å². The molecule has 1 aromatic rings. The summed E-state index contributed by atoms with van der Waals surface area (Å²) in [6.45, 7) is 3.67. The molecule has 0 bridgehead atoms. The Morgan fingerprint density at radius 3 is 2.75 bits per heavy atom. The molecule has 0 aliphatic rings. The van der Waals surface area contributed by atoms with Crippen molar-refractivity contribution in [3.63, 3.8) is 0 Å². The van der Waals surface area contributed by atoms with Crippen molar-refractivity contribution in [2.45, 2.75) is 13.8 Å². The van der Waals surface area contributed by atoms with Crippen LogP contribution in [0, 0.1) is 5.82 Å². The molecule has 0 aromatic heterocycles. The van der Waals surface area contributed by atoms with Gasteiger partial charge in [0.2, 0.25) is 0 Å². The SMILES string of the molecule is CC=C(C)c1cc(F)ccc1O. The second-order valence-corrected chi connectivity index (χ2v) is 2.63. The van der Waals surface area contributed by atoms with Crippen molar-refractivity contribution in [1.29, 1.82) is 0 Å². The molecule has 1 rings (SSSR count). The molecule has 0 saturated carbocycles. The average molecular weight is 166 g/mol. The Hall–Kier alpha value is -1.31. The summed E-state index contributed by atoms with van der Waals surface area (Å²) >= 11 is 0. The van der Waals surface area contributed by atoms with E-state index in [2.05, 4.69) is 0 Å². The molecule has 0 heterocycles. The highest BCUT2D eigenvalue weighted by molar-refractivity contribution is 5.68. The molecule has 0 aliphatic carbocycles. The Kier molecular flexibility index (Phi) is 2.48. The Morgan fingerprint density at radius 2 is 2.17 bits per heavy atom. The second-order valence-electron chi connectivity index (χ2n) is 2.63. The van der Waals surface area contributed by atoms with Crippen molar-refractivity contribution < 1.29 is 9.50 Å². The van der Waals surface area contributed by atoms with Gasteiger partial charge in [0.25, 0.3) is 0 Å². The highest BCUT2D eigenvalue weighted by atomic mass is 19.1. The number of phenolic OH excluding ortho intramolecular Hbond substituents is 1. The van der Waals surface area contributed by atoms with Crippen LogP contribution < -0.4 is 0 Å². The minimum absolute atomic E-state index is 0.118. The summed E-state index contributed by atoms with van der Waals surface area (Å²) < 4.78 is 12.7. The largest absolute Gasteiger partial charge is 0.507 e. The van der Waals surface area contributed by atoms with Gasteiger partial charge >= 0.3 is 0 Å². The molecule has 0 radical (unpaired) electrons. The van der Waals surface area contributed by atoms with Gasteiger partial charge in [-0.3, -0.25) is 0 Å². The monoisotopic (exact) mass is 166 g/mol. The lowest BCUT2D eigenvalue weighted by Crippen LogP contribution is -1.82. The smallest absolute Gasteiger partial charge is 0.124 e. The normalized spacial score (nSPS) is 11.8. The molecule has 1 N–H and O–H groups in total. The van der Waals surface area contributed by atoms with E-state index in [0.717, 1.165) is 5.57 Å². The van der Waals surface area contributed by atoms with Gasteiger partial charge in [0.1, 0.15) is 11.6 Å². The fourth-order valence-electron chi connectivity index (χ4n) is 0.980. The molecule has 2 heteroatoms. The minimum Gasteiger partial charge on any atom is -0.507 e. The number of benzene rings is 1. The third kappa shape index (κ3) is 1.64. The zero-order valence-corrected chi connectivity index (χ0v) is 7.13. The molecule has 12 heavy (non-hydrogen) atoms. The highest BCUT2D eigenvalue weighted by Crippen LogP contribution is 2.24. The van der Waals surface area contributed by atoms with Gasteiger partial charge in [-0.05, 0) is 37.6 Å². The molecule has 0 aliphatic heterocycles. The first-order chi connectivity index (χ1) is 5.65. The van der Waals surface area contributed by atoms with Crippen LogP contribution in [-0.2, 0) is 0 Å². The topological polar surface area (TPSA) is 20.2 Å². The molecule has 64 valence electrons. The van der Waals surface area contributed by atoms with Crippen LogP contribution in [0.5, 0.6) is 5.75 Å². The molecular formula is C10H11FO. The van der Waals surface area contributed by atoms with E-state index in [1.807, 2.05) is 19.9 Å². The van der Waals surface area contributed by atoms with Crippen LogP contribution in [0.25, 0.3) is 5.57 Å². The third-order valence-corrected chi connectivity index (χ3v) is 1.82. The molecule has 0 spiro atoms. The van der Waals surface area contributed by atoms with Gasteiger partial charge in [-0.25, -0.2) is 4.39 Å². The first-order valence-electron chi connectivity index (χ1n) is 3.77.